The van der Waals surface area contributed by atoms with Gasteiger partial charge in [0.15, 0.2) is 0 Å². The Labute approximate surface area is 185 Å². The second-order valence-corrected chi connectivity index (χ2v) is 9.16. The van der Waals surface area contributed by atoms with Crippen molar-refractivity contribution in [2.45, 2.75) is 17.7 Å². The number of halogens is 1. The van der Waals surface area contributed by atoms with Crippen LogP contribution in [0.15, 0.2) is 77.9 Å². The number of piperidine rings is 1. The fourth-order valence-corrected chi connectivity index (χ4v) is 5.47. The molecule has 3 aromatic rings. The van der Waals surface area contributed by atoms with Crippen LogP contribution < -0.4 is 0 Å². The quantitative estimate of drug-likeness (QED) is 0.412. The average molecular weight is 429 g/mol. The van der Waals surface area contributed by atoms with Crippen LogP contribution in [0.5, 0.6) is 0 Å². The van der Waals surface area contributed by atoms with Gasteiger partial charge in [0, 0.05) is 23.4 Å². The van der Waals surface area contributed by atoms with Crippen LogP contribution in [0, 0.1) is 22.6 Å². The monoisotopic (exact) mass is 428 g/mol. The summed E-state index contributed by atoms with van der Waals surface area (Å²) < 4.78 is 17.6. The Morgan fingerprint density at radius 3 is 2.65 bits per heavy atom. The summed E-state index contributed by atoms with van der Waals surface area (Å²) in [4.78, 5) is 1.13. The molecule has 5 rings (SSSR count). The molecule has 1 aliphatic carbocycles. The Hall–Kier alpha value is -3.14. The third-order valence-electron chi connectivity index (χ3n) is 6.11. The van der Waals surface area contributed by atoms with Gasteiger partial charge in [-0.2, -0.15) is 10.4 Å². The maximum atomic E-state index is 13.3. The highest BCUT2D eigenvalue weighted by Gasteiger charge is 2.41. The van der Waals surface area contributed by atoms with Gasteiger partial charge in [0.05, 0.1) is 29.2 Å². The van der Waals surface area contributed by atoms with E-state index in [0.29, 0.717) is 5.56 Å². The second kappa shape index (κ2) is 7.84. The van der Waals surface area contributed by atoms with Gasteiger partial charge in [-0.3, -0.25) is 0 Å². The van der Waals surface area contributed by atoms with E-state index >= 15 is 0 Å². The van der Waals surface area contributed by atoms with E-state index in [4.69, 9.17) is 5.26 Å². The van der Waals surface area contributed by atoms with Crippen molar-refractivity contribution in [3.8, 4) is 11.8 Å². The SMILES string of the molecule is C=CC12Cc3cnn(-c4ccc(F)cc4)c3C=C1CCN(Sc1ccc(C#N)cc1)C2. The van der Waals surface area contributed by atoms with Crippen molar-refractivity contribution in [2.24, 2.45) is 5.41 Å². The minimum absolute atomic E-state index is 0.124. The number of nitriles is 1. The van der Waals surface area contributed by atoms with E-state index < -0.39 is 0 Å². The van der Waals surface area contributed by atoms with Crippen molar-refractivity contribution in [2.75, 3.05) is 13.1 Å². The minimum Gasteiger partial charge on any atom is -0.245 e. The minimum atomic E-state index is -0.249. The lowest BCUT2D eigenvalue weighted by molar-refractivity contribution is 0.278. The average Bonchev–Trinajstić information content (AvgIpc) is 3.20. The molecule has 154 valence electrons. The number of hydrogen-bond donors (Lipinski definition) is 0. The Bertz CT molecular complexity index is 1200. The molecule has 0 radical (unpaired) electrons. The van der Waals surface area contributed by atoms with Gasteiger partial charge in [0.25, 0.3) is 0 Å². The molecule has 1 atom stereocenters. The largest absolute Gasteiger partial charge is 0.245 e. The molecule has 1 fully saturated rings. The molecule has 1 aliphatic heterocycles. The molecule has 2 aliphatic rings. The third-order valence-corrected chi connectivity index (χ3v) is 7.16. The fraction of sp³-hybridized carbons (Fsp3) is 0.200. The molecule has 0 N–H and O–H groups in total. The molecule has 0 saturated carbocycles. The van der Waals surface area contributed by atoms with Crippen LogP contribution in [0.1, 0.15) is 23.2 Å². The van der Waals surface area contributed by atoms with Crippen LogP contribution in [0.2, 0.25) is 0 Å². The first-order chi connectivity index (χ1) is 15.1. The van der Waals surface area contributed by atoms with Crippen molar-refractivity contribution in [3.63, 3.8) is 0 Å². The molecule has 1 saturated heterocycles. The standard InChI is InChI=1S/C25H21FN4S/c1-2-25-14-19-16-28-30(22-7-5-21(26)6-8-22)24(19)13-20(25)11-12-29(17-25)31-23-9-3-18(15-27)4-10-23/h2-10,13,16H,1,11-12,14,17H2. The normalized spacial score (nSPS) is 20.3. The van der Waals surface area contributed by atoms with Gasteiger partial charge in [0.2, 0.25) is 0 Å². The van der Waals surface area contributed by atoms with Crippen molar-refractivity contribution in [3.05, 3.63) is 95.6 Å². The Balaban J connectivity index is 1.41. The summed E-state index contributed by atoms with van der Waals surface area (Å²) in [5.41, 5.74) is 5.04. The van der Waals surface area contributed by atoms with E-state index in [9.17, 15) is 4.39 Å². The van der Waals surface area contributed by atoms with Gasteiger partial charge in [-0.25, -0.2) is 13.4 Å². The van der Waals surface area contributed by atoms with Crippen molar-refractivity contribution < 1.29 is 4.39 Å². The first kappa shape index (κ1) is 19.8. The summed E-state index contributed by atoms with van der Waals surface area (Å²) >= 11 is 1.73. The van der Waals surface area contributed by atoms with Gasteiger partial charge in [-0.15, -0.1) is 6.58 Å². The van der Waals surface area contributed by atoms with Crippen LogP contribution >= 0.6 is 11.9 Å². The Morgan fingerprint density at radius 2 is 1.94 bits per heavy atom. The lowest BCUT2D eigenvalue weighted by Gasteiger charge is -2.44. The molecule has 2 aromatic carbocycles. The van der Waals surface area contributed by atoms with Gasteiger partial charge in [-0.1, -0.05) is 11.6 Å². The number of rotatable bonds is 4. The van der Waals surface area contributed by atoms with Gasteiger partial charge in [0.1, 0.15) is 5.82 Å². The highest BCUT2D eigenvalue weighted by Crippen LogP contribution is 2.46. The Morgan fingerprint density at radius 1 is 1.16 bits per heavy atom. The number of hydrogen-bond acceptors (Lipinski definition) is 4. The summed E-state index contributed by atoms with van der Waals surface area (Å²) in [6.45, 7) is 6.00. The molecule has 31 heavy (non-hydrogen) atoms. The zero-order chi connectivity index (χ0) is 21.4. The summed E-state index contributed by atoms with van der Waals surface area (Å²) in [5.74, 6) is -0.249. The number of fused-ring (bicyclic) bond motifs is 2. The zero-order valence-electron chi connectivity index (χ0n) is 17.0. The summed E-state index contributed by atoms with van der Waals surface area (Å²) in [6.07, 6.45) is 8.06. The number of nitrogens with zero attached hydrogens (tertiary/aromatic N) is 4. The zero-order valence-corrected chi connectivity index (χ0v) is 17.8. The van der Waals surface area contributed by atoms with Crippen molar-refractivity contribution in [1.82, 2.24) is 14.1 Å². The Kier molecular flexibility index (Phi) is 5.01. The van der Waals surface area contributed by atoms with E-state index in [-0.39, 0.29) is 11.2 Å². The molecule has 2 heterocycles. The lowest BCUT2D eigenvalue weighted by Crippen LogP contribution is -2.43. The maximum Gasteiger partial charge on any atom is 0.123 e. The first-order valence-electron chi connectivity index (χ1n) is 10.2. The molecule has 0 bridgehead atoms. The third kappa shape index (κ3) is 3.60. The predicted molar refractivity (Wildman–Crippen MR) is 121 cm³/mol. The molecule has 1 unspecified atom stereocenters. The summed E-state index contributed by atoms with van der Waals surface area (Å²) in [7, 11) is 0. The summed E-state index contributed by atoms with van der Waals surface area (Å²) in [6, 6.07) is 16.3. The highest BCUT2D eigenvalue weighted by atomic mass is 32.2. The molecule has 4 nitrogen and oxygen atoms in total. The van der Waals surface area contributed by atoms with Gasteiger partial charge >= 0.3 is 0 Å². The van der Waals surface area contributed by atoms with Crippen molar-refractivity contribution >= 4 is 18.0 Å². The molecular formula is C25H21FN4S. The van der Waals surface area contributed by atoms with E-state index in [1.807, 2.05) is 35.1 Å². The second-order valence-electron chi connectivity index (χ2n) is 7.99. The van der Waals surface area contributed by atoms with Gasteiger partial charge < -0.3 is 0 Å². The van der Waals surface area contributed by atoms with E-state index in [1.165, 1.54) is 23.3 Å². The maximum absolute atomic E-state index is 13.3. The van der Waals surface area contributed by atoms with Crippen LogP contribution in [0.4, 0.5) is 4.39 Å². The molecule has 0 amide bonds. The van der Waals surface area contributed by atoms with Crippen LogP contribution in [-0.4, -0.2) is 27.2 Å². The smallest absolute Gasteiger partial charge is 0.123 e. The molecule has 1 aromatic heterocycles. The fourth-order valence-electron chi connectivity index (χ4n) is 4.43. The van der Waals surface area contributed by atoms with E-state index in [0.717, 1.165) is 42.2 Å². The van der Waals surface area contributed by atoms with Crippen LogP contribution in [-0.2, 0) is 6.42 Å². The topological polar surface area (TPSA) is 44.9 Å². The lowest BCUT2D eigenvalue weighted by atomic mass is 9.69. The van der Waals surface area contributed by atoms with Gasteiger partial charge in [-0.05, 0) is 85.0 Å². The van der Waals surface area contributed by atoms with Crippen molar-refractivity contribution in [1.29, 1.82) is 5.26 Å². The van der Waals surface area contributed by atoms with Crippen LogP contribution in [0.3, 0.4) is 0 Å². The molecular weight excluding hydrogens is 407 g/mol. The van der Waals surface area contributed by atoms with Crippen LogP contribution in [0.25, 0.3) is 11.8 Å². The molecule has 6 heteroatoms. The first-order valence-corrected chi connectivity index (χ1v) is 11.0. The highest BCUT2D eigenvalue weighted by molar-refractivity contribution is 7.97. The van der Waals surface area contributed by atoms with E-state index in [1.54, 1.807) is 24.1 Å². The number of benzene rings is 2. The van der Waals surface area contributed by atoms with E-state index in [2.05, 4.69) is 34.2 Å². The molecule has 0 spiro atoms. The predicted octanol–water partition coefficient (Wildman–Crippen LogP) is 5.41. The number of aromatic nitrogens is 2. The summed E-state index contributed by atoms with van der Waals surface area (Å²) in [5, 5.41) is 13.6.